The van der Waals surface area contributed by atoms with Gasteiger partial charge in [-0.05, 0) is 73.7 Å². The van der Waals surface area contributed by atoms with E-state index in [0.29, 0.717) is 29.3 Å². The minimum Gasteiger partial charge on any atom is -0.497 e. The summed E-state index contributed by atoms with van der Waals surface area (Å²) in [4.78, 5) is 28.1. The molecule has 0 spiro atoms. The molecule has 3 aromatic rings. The lowest BCUT2D eigenvalue weighted by Crippen LogP contribution is -2.41. The van der Waals surface area contributed by atoms with Crippen LogP contribution in [0.2, 0.25) is 0 Å². The highest BCUT2D eigenvalue weighted by Crippen LogP contribution is 2.38. The number of nitrogens with zero attached hydrogens (tertiary/aromatic N) is 1. The van der Waals surface area contributed by atoms with E-state index in [4.69, 9.17) is 9.47 Å². The molecule has 1 N–H and O–H groups in total. The summed E-state index contributed by atoms with van der Waals surface area (Å²) in [5, 5.41) is 2.96. The number of methoxy groups -OCH3 is 1. The second-order valence-corrected chi connectivity index (χ2v) is 8.84. The summed E-state index contributed by atoms with van der Waals surface area (Å²) in [7, 11) is 1.57. The Labute approximate surface area is 199 Å². The van der Waals surface area contributed by atoms with Crippen LogP contribution in [0.3, 0.4) is 0 Å². The van der Waals surface area contributed by atoms with Gasteiger partial charge in [-0.25, -0.2) is 0 Å². The lowest BCUT2D eigenvalue weighted by Gasteiger charge is -2.35. The molecule has 0 saturated heterocycles. The van der Waals surface area contributed by atoms with Crippen molar-refractivity contribution in [3.05, 3.63) is 89.0 Å². The van der Waals surface area contributed by atoms with Crippen LogP contribution in [-0.2, 0) is 17.8 Å². The van der Waals surface area contributed by atoms with E-state index in [1.54, 1.807) is 44.4 Å². The van der Waals surface area contributed by atoms with Gasteiger partial charge in [-0.1, -0.05) is 30.3 Å². The molecule has 34 heavy (non-hydrogen) atoms. The van der Waals surface area contributed by atoms with E-state index in [0.717, 1.165) is 24.8 Å². The number of rotatable bonds is 4. The normalized spacial score (nSPS) is 19.4. The van der Waals surface area contributed by atoms with Crippen LogP contribution >= 0.6 is 0 Å². The second-order valence-electron chi connectivity index (χ2n) is 8.84. The first-order valence-corrected chi connectivity index (χ1v) is 11.7. The Kier molecular flexibility index (Phi) is 5.97. The standard InChI is InChI=1S/C28H28N2O4/c1-18-28(32)30(25-12-6-8-19-7-3-4-11-24(19)25)17-21-15-22(13-14-26(21)34-18)29-27(31)20-9-5-10-23(16-20)33-2/h3-5,7,9-11,13-16,18,25H,6,8,12,17H2,1-2H3,(H,29,31). The lowest BCUT2D eigenvalue weighted by molar-refractivity contribution is -0.140. The topological polar surface area (TPSA) is 67.9 Å². The number of amides is 2. The second kappa shape index (κ2) is 9.21. The monoisotopic (exact) mass is 456 g/mol. The summed E-state index contributed by atoms with van der Waals surface area (Å²) in [6.07, 6.45) is 2.44. The van der Waals surface area contributed by atoms with Gasteiger partial charge in [0.1, 0.15) is 11.5 Å². The molecule has 0 fully saturated rings. The van der Waals surface area contributed by atoms with Crippen LogP contribution in [0.1, 0.15) is 52.9 Å². The number of aryl methyl sites for hydroxylation is 1. The Hall–Kier alpha value is -3.80. The predicted molar refractivity (Wildman–Crippen MR) is 130 cm³/mol. The van der Waals surface area contributed by atoms with Crippen molar-refractivity contribution in [1.82, 2.24) is 4.90 Å². The van der Waals surface area contributed by atoms with Crippen LogP contribution in [0.25, 0.3) is 0 Å². The first kappa shape index (κ1) is 22.0. The number of ether oxygens (including phenoxy) is 2. The van der Waals surface area contributed by atoms with E-state index in [1.807, 2.05) is 23.1 Å². The zero-order valence-electron chi connectivity index (χ0n) is 19.4. The summed E-state index contributed by atoms with van der Waals surface area (Å²) in [6.45, 7) is 2.23. The molecule has 2 unspecified atom stereocenters. The van der Waals surface area contributed by atoms with Gasteiger partial charge in [0.05, 0.1) is 19.7 Å². The molecule has 0 bridgehead atoms. The smallest absolute Gasteiger partial charge is 0.264 e. The number of hydrogen-bond acceptors (Lipinski definition) is 4. The maximum absolute atomic E-state index is 13.4. The molecule has 0 saturated carbocycles. The largest absolute Gasteiger partial charge is 0.497 e. The first-order valence-electron chi connectivity index (χ1n) is 11.7. The number of nitrogens with one attached hydrogen (secondary N) is 1. The molecule has 174 valence electrons. The van der Waals surface area contributed by atoms with Crippen molar-refractivity contribution in [3.8, 4) is 11.5 Å². The predicted octanol–water partition coefficient (Wildman–Crippen LogP) is 5.13. The highest BCUT2D eigenvalue weighted by Gasteiger charge is 2.35. The average Bonchev–Trinajstić information content (AvgIpc) is 2.99. The van der Waals surface area contributed by atoms with Gasteiger partial charge in [0.15, 0.2) is 6.10 Å². The molecular formula is C28H28N2O4. The summed E-state index contributed by atoms with van der Waals surface area (Å²) in [5.74, 6) is 1.06. The molecule has 1 aliphatic heterocycles. The molecule has 2 atom stereocenters. The van der Waals surface area contributed by atoms with Gasteiger partial charge in [-0.15, -0.1) is 0 Å². The molecule has 5 rings (SSSR count). The fourth-order valence-corrected chi connectivity index (χ4v) is 4.91. The van der Waals surface area contributed by atoms with Crippen molar-refractivity contribution < 1.29 is 19.1 Å². The summed E-state index contributed by atoms with van der Waals surface area (Å²) < 4.78 is 11.3. The number of carbonyl (C=O) groups is 2. The Bertz CT molecular complexity index is 1240. The van der Waals surface area contributed by atoms with Crippen molar-refractivity contribution in [1.29, 1.82) is 0 Å². The maximum Gasteiger partial charge on any atom is 0.264 e. The minimum absolute atomic E-state index is 0.0140. The molecule has 0 radical (unpaired) electrons. The Morgan fingerprint density at radius 2 is 1.91 bits per heavy atom. The molecule has 0 aromatic heterocycles. The number of anilines is 1. The van der Waals surface area contributed by atoms with Crippen molar-refractivity contribution in [2.24, 2.45) is 0 Å². The van der Waals surface area contributed by atoms with E-state index in [9.17, 15) is 9.59 Å². The van der Waals surface area contributed by atoms with Crippen LogP contribution in [0.4, 0.5) is 5.69 Å². The Morgan fingerprint density at radius 3 is 2.76 bits per heavy atom. The molecule has 2 aliphatic rings. The van der Waals surface area contributed by atoms with E-state index in [2.05, 4.69) is 23.5 Å². The quantitative estimate of drug-likeness (QED) is 0.591. The number of carbonyl (C=O) groups excluding carboxylic acids is 2. The summed E-state index contributed by atoms with van der Waals surface area (Å²) in [6, 6.07) is 21.0. The fourth-order valence-electron chi connectivity index (χ4n) is 4.91. The van der Waals surface area contributed by atoms with E-state index >= 15 is 0 Å². The third kappa shape index (κ3) is 4.23. The van der Waals surface area contributed by atoms with Gasteiger partial charge < -0.3 is 19.7 Å². The van der Waals surface area contributed by atoms with Crippen LogP contribution in [-0.4, -0.2) is 29.9 Å². The van der Waals surface area contributed by atoms with Crippen LogP contribution in [0.15, 0.2) is 66.7 Å². The summed E-state index contributed by atoms with van der Waals surface area (Å²) in [5.41, 5.74) is 4.57. The number of benzene rings is 3. The van der Waals surface area contributed by atoms with Gasteiger partial charge >= 0.3 is 0 Å². The molecule has 1 heterocycles. The van der Waals surface area contributed by atoms with Crippen LogP contribution in [0.5, 0.6) is 11.5 Å². The average molecular weight is 457 g/mol. The number of hydrogen-bond donors (Lipinski definition) is 1. The van der Waals surface area contributed by atoms with Crippen molar-refractivity contribution in [2.75, 3.05) is 12.4 Å². The zero-order valence-corrected chi connectivity index (χ0v) is 19.4. The Morgan fingerprint density at radius 1 is 1.06 bits per heavy atom. The molecular weight excluding hydrogens is 428 g/mol. The SMILES string of the molecule is COc1cccc(C(=O)Nc2ccc3c(c2)CN(C2CCCc4ccccc42)C(=O)C(C)O3)c1. The zero-order chi connectivity index (χ0) is 23.7. The van der Waals surface area contributed by atoms with Gasteiger partial charge in [0, 0.05) is 16.8 Å². The number of fused-ring (bicyclic) bond motifs is 2. The highest BCUT2D eigenvalue weighted by atomic mass is 16.5. The van der Waals surface area contributed by atoms with Gasteiger partial charge in [0.25, 0.3) is 11.8 Å². The van der Waals surface area contributed by atoms with Crippen LogP contribution < -0.4 is 14.8 Å². The van der Waals surface area contributed by atoms with E-state index in [-0.39, 0.29) is 17.9 Å². The van der Waals surface area contributed by atoms with E-state index in [1.165, 1.54) is 11.1 Å². The third-order valence-corrected chi connectivity index (χ3v) is 6.64. The lowest BCUT2D eigenvalue weighted by atomic mass is 9.86. The molecule has 6 nitrogen and oxygen atoms in total. The first-order chi connectivity index (χ1) is 16.5. The third-order valence-electron chi connectivity index (χ3n) is 6.64. The van der Waals surface area contributed by atoms with Crippen LogP contribution in [0, 0.1) is 0 Å². The molecule has 1 aliphatic carbocycles. The minimum atomic E-state index is -0.576. The van der Waals surface area contributed by atoms with Gasteiger partial charge in [-0.3, -0.25) is 9.59 Å². The maximum atomic E-state index is 13.4. The van der Waals surface area contributed by atoms with Gasteiger partial charge in [-0.2, -0.15) is 0 Å². The van der Waals surface area contributed by atoms with Gasteiger partial charge in [0.2, 0.25) is 0 Å². The highest BCUT2D eigenvalue weighted by molar-refractivity contribution is 6.04. The van der Waals surface area contributed by atoms with Crippen molar-refractivity contribution >= 4 is 17.5 Å². The molecule has 6 heteroatoms. The fraction of sp³-hybridized carbons (Fsp3) is 0.286. The van der Waals surface area contributed by atoms with E-state index < -0.39 is 6.10 Å². The summed E-state index contributed by atoms with van der Waals surface area (Å²) >= 11 is 0. The van der Waals surface area contributed by atoms with Crippen molar-refractivity contribution in [3.63, 3.8) is 0 Å². The van der Waals surface area contributed by atoms with Crippen molar-refractivity contribution in [2.45, 2.75) is 44.9 Å². The molecule has 2 amide bonds. The molecule has 3 aromatic carbocycles. The Balaban J connectivity index is 1.43.